The Kier molecular flexibility index (Phi) is 5.05. The van der Waals surface area contributed by atoms with Gasteiger partial charge in [-0.3, -0.25) is 19.8 Å². The number of nitrogens with zero attached hydrogens (tertiary/aromatic N) is 2. The maximum atomic E-state index is 12.4. The van der Waals surface area contributed by atoms with Gasteiger partial charge in [-0.15, -0.1) is 0 Å². The monoisotopic (exact) mass is 289 g/mol. The van der Waals surface area contributed by atoms with Crippen molar-refractivity contribution < 1.29 is 14.8 Å². The number of hydroxylamine groups is 1. The van der Waals surface area contributed by atoms with Crippen molar-refractivity contribution in [3.8, 4) is 0 Å². The van der Waals surface area contributed by atoms with Gasteiger partial charge in [-0.2, -0.15) is 0 Å². The molecule has 0 saturated heterocycles. The van der Waals surface area contributed by atoms with E-state index in [1.165, 1.54) is 11.6 Å². The Morgan fingerprint density at radius 2 is 2.38 bits per heavy atom. The van der Waals surface area contributed by atoms with Gasteiger partial charge in [0.05, 0.1) is 18.3 Å². The molecule has 6 heteroatoms. The van der Waals surface area contributed by atoms with Crippen molar-refractivity contribution >= 4 is 18.2 Å². The van der Waals surface area contributed by atoms with Crippen molar-refractivity contribution in [1.82, 2.24) is 10.4 Å². The van der Waals surface area contributed by atoms with Crippen LogP contribution >= 0.6 is 0 Å². The summed E-state index contributed by atoms with van der Waals surface area (Å²) in [5.74, 6) is -0.900. The third-order valence-corrected chi connectivity index (χ3v) is 3.46. The predicted molar refractivity (Wildman–Crippen MR) is 78.7 cm³/mol. The fourth-order valence-corrected chi connectivity index (χ4v) is 2.27. The van der Waals surface area contributed by atoms with Crippen LogP contribution in [0.4, 0.5) is 0 Å². The first kappa shape index (κ1) is 15.2. The number of hydrogen-bond donors (Lipinski definition) is 2. The lowest BCUT2D eigenvalue weighted by Gasteiger charge is -2.31. The van der Waals surface area contributed by atoms with Gasteiger partial charge in [0.15, 0.2) is 0 Å². The number of fused-ring (bicyclic) bond motifs is 1. The zero-order valence-electron chi connectivity index (χ0n) is 11.9. The number of amides is 2. The van der Waals surface area contributed by atoms with Gasteiger partial charge < -0.3 is 4.90 Å². The van der Waals surface area contributed by atoms with E-state index in [2.05, 4.69) is 11.9 Å². The Balaban J connectivity index is 2.11. The van der Waals surface area contributed by atoms with Crippen LogP contribution in [-0.4, -0.2) is 40.8 Å². The molecule has 0 bridgehead atoms. The summed E-state index contributed by atoms with van der Waals surface area (Å²) in [6, 6.07) is -0.167. The molecule has 0 aromatic heterocycles. The first-order valence-electron chi connectivity index (χ1n) is 7.01. The zero-order chi connectivity index (χ0) is 15.2. The fourth-order valence-electron chi connectivity index (χ4n) is 2.27. The molecule has 2 rings (SSSR count). The van der Waals surface area contributed by atoms with E-state index in [-0.39, 0.29) is 17.9 Å². The lowest BCUT2D eigenvalue weighted by Crippen LogP contribution is -2.44. The lowest BCUT2D eigenvalue weighted by atomic mass is 9.89. The number of hydrogen-bond acceptors (Lipinski definition) is 4. The van der Waals surface area contributed by atoms with E-state index in [4.69, 9.17) is 5.21 Å². The molecule has 0 fully saturated rings. The minimum absolute atomic E-state index is 0.0327. The maximum absolute atomic E-state index is 12.4. The Hall–Kier alpha value is -2.21. The summed E-state index contributed by atoms with van der Waals surface area (Å²) in [6.45, 7) is 2.75. The fraction of sp³-hybridized carbons (Fsp3) is 0.400. The van der Waals surface area contributed by atoms with Crippen molar-refractivity contribution in [3.63, 3.8) is 0 Å². The summed E-state index contributed by atoms with van der Waals surface area (Å²) in [5, 5.41) is 8.44. The van der Waals surface area contributed by atoms with Crippen molar-refractivity contribution in [3.05, 3.63) is 36.0 Å². The van der Waals surface area contributed by atoms with Crippen molar-refractivity contribution in [2.45, 2.75) is 25.8 Å². The summed E-state index contributed by atoms with van der Waals surface area (Å²) >= 11 is 0. The number of carbonyl (C=O) groups is 2. The highest BCUT2D eigenvalue weighted by Crippen LogP contribution is 2.25. The van der Waals surface area contributed by atoms with E-state index in [0.29, 0.717) is 6.54 Å². The van der Waals surface area contributed by atoms with Gasteiger partial charge in [-0.25, -0.2) is 5.48 Å². The molecule has 6 nitrogen and oxygen atoms in total. The highest BCUT2D eigenvalue weighted by molar-refractivity contribution is 5.94. The average molecular weight is 289 g/mol. The molecular weight excluding hydrogens is 270 g/mol. The zero-order valence-corrected chi connectivity index (χ0v) is 11.9. The summed E-state index contributed by atoms with van der Waals surface area (Å²) in [7, 11) is 0. The molecule has 2 atom stereocenters. The van der Waals surface area contributed by atoms with Gasteiger partial charge in [-0.1, -0.05) is 31.6 Å². The summed E-state index contributed by atoms with van der Waals surface area (Å²) in [6.07, 6.45) is 11.8. The summed E-state index contributed by atoms with van der Waals surface area (Å²) < 4.78 is 0. The Bertz CT molecular complexity index is 534. The molecule has 2 unspecified atom stereocenters. The molecule has 21 heavy (non-hydrogen) atoms. The smallest absolute Gasteiger partial charge is 0.267 e. The standard InChI is InChI=1S/C15H19N3O3/c1-2-3-8-18-10-16-13-6-4-11(5-7-14(19)17-21)9-12(13)15(18)20/h4-7,9-10,12-13,21H,2-3,8H2,1H3,(H,17,19)/b7-5+. The molecule has 2 amide bonds. The van der Waals surface area contributed by atoms with E-state index in [0.717, 1.165) is 18.4 Å². The molecular formula is C15H19N3O3. The Morgan fingerprint density at radius 3 is 3.10 bits per heavy atom. The minimum Gasteiger partial charge on any atom is -0.303 e. The van der Waals surface area contributed by atoms with Crippen molar-refractivity contribution in [1.29, 1.82) is 0 Å². The molecule has 1 heterocycles. The second-order valence-electron chi connectivity index (χ2n) is 5.00. The van der Waals surface area contributed by atoms with Gasteiger partial charge in [0.1, 0.15) is 0 Å². The summed E-state index contributed by atoms with van der Waals surface area (Å²) in [5.41, 5.74) is 2.27. The molecule has 1 aliphatic heterocycles. The van der Waals surface area contributed by atoms with Crippen LogP contribution in [0, 0.1) is 5.92 Å². The van der Waals surface area contributed by atoms with Gasteiger partial charge in [0, 0.05) is 12.6 Å². The highest BCUT2D eigenvalue weighted by atomic mass is 16.5. The van der Waals surface area contributed by atoms with Crippen LogP contribution in [0.15, 0.2) is 40.9 Å². The molecule has 2 N–H and O–H groups in total. The molecule has 0 saturated carbocycles. The van der Waals surface area contributed by atoms with Crippen molar-refractivity contribution in [2.24, 2.45) is 10.9 Å². The van der Waals surface area contributed by atoms with Gasteiger partial charge in [0.2, 0.25) is 5.91 Å². The Morgan fingerprint density at radius 1 is 1.57 bits per heavy atom. The highest BCUT2D eigenvalue weighted by Gasteiger charge is 2.32. The normalized spacial score (nSPS) is 24.2. The van der Waals surface area contributed by atoms with E-state index in [1.54, 1.807) is 17.3 Å². The molecule has 112 valence electrons. The topological polar surface area (TPSA) is 82.0 Å². The number of unbranched alkanes of at least 4 members (excludes halogenated alkanes) is 1. The first-order chi connectivity index (χ1) is 10.2. The number of carbonyl (C=O) groups excluding carboxylic acids is 2. The van der Waals surface area contributed by atoms with Crippen LogP contribution in [0.2, 0.25) is 0 Å². The number of nitrogens with one attached hydrogen (secondary N) is 1. The van der Waals surface area contributed by atoms with E-state index >= 15 is 0 Å². The van der Waals surface area contributed by atoms with Crippen molar-refractivity contribution in [2.75, 3.05) is 6.54 Å². The van der Waals surface area contributed by atoms with E-state index in [1.807, 2.05) is 18.2 Å². The van der Waals surface area contributed by atoms with Crippen LogP contribution in [0.3, 0.4) is 0 Å². The molecule has 0 spiro atoms. The molecule has 2 aliphatic rings. The summed E-state index contributed by atoms with van der Waals surface area (Å²) in [4.78, 5) is 29.4. The molecule has 0 aromatic carbocycles. The van der Waals surface area contributed by atoms with E-state index in [9.17, 15) is 9.59 Å². The number of aliphatic imine (C=N–C) groups is 1. The van der Waals surface area contributed by atoms with Crippen LogP contribution in [0.25, 0.3) is 0 Å². The van der Waals surface area contributed by atoms with Gasteiger partial charge in [-0.05, 0) is 18.1 Å². The number of allylic oxidation sites excluding steroid dienone is 3. The Labute approximate surface area is 123 Å². The SMILES string of the molecule is CCCCN1C=NC2C=CC(/C=C/C(=O)NO)=CC2C1=O. The first-order valence-corrected chi connectivity index (χ1v) is 7.01. The maximum Gasteiger partial charge on any atom is 0.267 e. The van der Waals surface area contributed by atoms with Crippen LogP contribution in [-0.2, 0) is 9.59 Å². The molecule has 1 aliphatic carbocycles. The predicted octanol–water partition coefficient (Wildman–Crippen LogP) is 1.20. The van der Waals surface area contributed by atoms with Gasteiger partial charge in [0.25, 0.3) is 5.91 Å². The minimum atomic E-state index is -0.607. The van der Waals surface area contributed by atoms with Gasteiger partial charge >= 0.3 is 0 Å². The molecule has 0 radical (unpaired) electrons. The quantitative estimate of drug-likeness (QED) is 0.453. The van der Waals surface area contributed by atoms with E-state index < -0.39 is 5.91 Å². The largest absolute Gasteiger partial charge is 0.303 e. The second-order valence-corrected chi connectivity index (χ2v) is 5.00. The lowest BCUT2D eigenvalue weighted by molar-refractivity contribution is -0.130. The van der Waals surface area contributed by atoms with Crippen LogP contribution in [0.1, 0.15) is 19.8 Å². The molecule has 0 aromatic rings. The van der Waals surface area contributed by atoms with Crippen LogP contribution < -0.4 is 5.48 Å². The third kappa shape index (κ3) is 3.66. The third-order valence-electron chi connectivity index (χ3n) is 3.46. The van der Waals surface area contributed by atoms with Crippen LogP contribution in [0.5, 0.6) is 0 Å². The second kappa shape index (κ2) is 6.99. The average Bonchev–Trinajstić information content (AvgIpc) is 2.52. The number of rotatable bonds is 5.